The number of hydrogen-bond acceptors (Lipinski definition) is 5. The van der Waals surface area contributed by atoms with E-state index < -0.39 is 0 Å². The van der Waals surface area contributed by atoms with Gasteiger partial charge in [0.1, 0.15) is 5.75 Å². The van der Waals surface area contributed by atoms with Crippen molar-refractivity contribution in [1.82, 2.24) is 14.8 Å². The van der Waals surface area contributed by atoms with Crippen molar-refractivity contribution in [2.24, 2.45) is 0 Å². The van der Waals surface area contributed by atoms with E-state index in [2.05, 4.69) is 40.7 Å². The second-order valence-electron chi connectivity index (χ2n) is 8.35. The number of nitrogens with zero attached hydrogens (tertiary/aromatic N) is 4. The Bertz CT molecular complexity index is 1270. The highest BCUT2D eigenvalue weighted by atomic mass is 32.2. The molecule has 0 saturated heterocycles. The third-order valence-electron chi connectivity index (χ3n) is 5.79. The first kappa shape index (κ1) is 24.5. The van der Waals surface area contributed by atoms with E-state index in [1.807, 2.05) is 73.7 Å². The second kappa shape index (κ2) is 11.2. The van der Waals surface area contributed by atoms with Gasteiger partial charge in [-0.15, -0.1) is 10.2 Å². The molecule has 0 spiro atoms. The Morgan fingerprint density at radius 2 is 1.66 bits per heavy atom. The maximum absolute atomic E-state index is 13.2. The first-order valence-electron chi connectivity index (χ1n) is 11.7. The van der Waals surface area contributed by atoms with Crippen molar-refractivity contribution in [2.75, 3.05) is 24.3 Å². The Balaban J connectivity index is 1.71. The van der Waals surface area contributed by atoms with Gasteiger partial charge in [0.25, 0.3) is 0 Å². The summed E-state index contributed by atoms with van der Waals surface area (Å²) in [4.78, 5) is 14.9. The number of aromatic nitrogens is 3. The highest BCUT2D eigenvalue weighted by molar-refractivity contribution is 7.99. The van der Waals surface area contributed by atoms with Crippen LogP contribution in [0.3, 0.4) is 0 Å². The molecule has 0 fully saturated rings. The zero-order valence-corrected chi connectivity index (χ0v) is 21.3. The van der Waals surface area contributed by atoms with Crippen molar-refractivity contribution in [3.05, 3.63) is 84.4 Å². The van der Waals surface area contributed by atoms with Gasteiger partial charge in [0, 0.05) is 17.8 Å². The van der Waals surface area contributed by atoms with Crippen LogP contribution in [0.2, 0.25) is 0 Å². The van der Waals surface area contributed by atoms with Crippen molar-refractivity contribution >= 4 is 23.4 Å². The molecule has 0 bridgehead atoms. The largest absolute Gasteiger partial charge is 0.497 e. The number of amides is 1. The summed E-state index contributed by atoms with van der Waals surface area (Å²) in [6.45, 7) is 6.93. The molecule has 6 nitrogen and oxygen atoms in total. The fraction of sp³-hybridized carbons (Fsp3) is 0.250. The molecule has 0 aliphatic heterocycles. The number of rotatable bonds is 9. The maximum Gasteiger partial charge on any atom is 0.237 e. The summed E-state index contributed by atoms with van der Waals surface area (Å²) in [6, 6.07) is 25.8. The van der Waals surface area contributed by atoms with Gasteiger partial charge in [-0.1, -0.05) is 62.0 Å². The van der Waals surface area contributed by atoms with Crippen molar-refractivity contribution in [2.45, 2.75) is 31.8 Å². The summed E-state index contributed by atoms with van der Waals surface area (Å²) in [7, 11) is 1.65. The summed E-state index contributed by atoms with van der Waals surface area (Å²) in [5.41, 5.74) is 4.03. The minimum absolute atomic E-state index is 0.0291. The molecule has 1 aromatic heterocycles. The molecular formula is C28H30N4O2S. The van der Waals surface area contributed by atoms with Gasteiger partial charge in [0.15, 0.2) is 11.0 Å². The van der Waals surface area contributed by atoms with Crippen LogP contribution in [0.5, 0.6) is 5.75 Å². The number of thioether (sulfide) groups is 1. The van der Waals surface area contributed by atoms with E-state index in [0.29, 0.717) is 17.6 Å². The molecule has 0 aliphatic carbocycles. The SMILES string of the molecule is CCN(C(=O)CSc1nnc(-c2ccc(OC)cc2)n1-c1ccccc1C(C)C)c1ccccc1. The lowest BCUT2D eigenvalue weighted by atomic mass is 10.0. The predicted octanol–water partition coefficient (Wildman–Crippen LogP) is 6.21. The van der Waals surface area contributed by atoms with Crippen LogP contribution in [0.15, 0.2) is 84.0 Å². The molecule has 0 radical (unpaired) electrons. The quantitative estimate of drug-likeness (QED) is 0.263. The molecule has 35 heavy (non-hydrogen) atoms. The van der Waals surface area contributed by atoms with E-state index in [-0.39, 0.29) is 11.7 Å². The molecular weight excluding hydrogens is 456 g/mol. The normalized spacial score (nSPS) is 11.0. The van der Waals surface area contributed by atoms with Crippen LogP contribution in [0.4, 0.5) is 5.69 Å². The molecule has 3 aromatic carbocycles. The summed E-state index contributed by atoms with van der Waals surface area (Å²) in [5, 5.41) is 9.74. The summed E-state index contributed by atoms with van der Waals surface area (Å²) < 4.78 is 7.38. The number of ether oxygens (including phenoxy) is 1. The molecule has 7 heteroatoms. The Morgan fingerprint density at radius 1 is 0.971 bits per heavy atom. The summed E-state index contributed by atoms with van der Waals surface area (Å²) in [5.74, 6) is 2.11. The lowest BCUT2D eigenvalue weighted by molar-refractivity contribution is -0.116. The fourth-order valence-corrected chi connectivity index (χ4v) is 4.82. The molecule has 0 unspecified atom stereocenters. The third kappa shape index (κ3) is 5.41. The second-order valence-corrected chi connectivity index (χ2v) is 9.29. The third-order valence-corrected chi connectivity index (χ3v) is 6.70. The predicted molar refractivity (Wildman–Crippen MR) is 143 cm³/mol. The number of benzene rings is 3. The molecule has 0 aliphatic rings. The Kier molecular flexibility index (Phi) is 7.87. The average Bonchev–Trinajstić information content (AvgIpc) is 3.32. The number of methoxy groups -OCH3 is 1. The molecule has 0 atom stereocenters. The van der Waals surface area contributed by atoms with Crippen molar-refractivity contribution < 1.29 is 9.53 Å². The van der Waals surface area contributed by atoms with Gasteiger partial charge in [-0.3, -0.25) is 9.36 Å². The van der Waals surface area contributed by atoms with Crippen LogP contribution in [0, 0.1) is 0 Å². The summed E-state index contributed by atoms with van der Waals surface area (Å²) >= 11 is 1.41. The first-order valence-corrected chi connectivity index (χ1v) is 12.7. The molecule has 180 valence electrons. The summed E-state index contributed by atoms with van der Waals surface area (Å²) in [6.07, 6.45) is 0. The monoisotopic (exact) mass is 486 g/mol. The zero-order valence-electron chi connectivity index (χ0n) is 20.5. The van der Waals surface area contributed by atoms with Crippen LogP contribution in [-0.4, -0.2) is 40.1 Å². The molecule has 0 N–H and O–H groups in total. The van der Waals surface area contributed by atoms with Crippen molar-refractivity contribution in [1.29, 1.82) is 0 Å². The highest BCUT2D eigenvalue weighted by Crippen LogP contribution is 2.33. The number of hydrogen-bond donors (Lipinski definition) is 0. The number of carbonyl (C=O) groups is 1. The van der Waals surface area contributed by atoms with Crippen LogP contribution in [-0.2, 0) is 4.79 Å². The molecule has 4 rings (SSSR count). The van der Waals surface area contributed by atoms with E-state index in [9.17, 15) is 4.79 Å². The lowest BCUT2D eigenvalue weighted by Crippen LogP contribution is -2.32. The number of carbonyl (C=O) groups excluding carboxylic acids is 1. The van der Waals surface area contributed by atoms with Gasteiger partial charge in [0.2, 0.25) is 5.91 Å². The van der Waals surface area contributed by atoms with Gasteiger partial charge in [-0.2, -0.15) is 0 Å². The topological polar surface area (TPSA) is 60.3 Å². The fourth-order valence-electron chi connectivity index (χ4n) is 4.00. The van der Waals surface area contributed by atoms with Crippen LogP contribution in [0.1, 0.15) is 32.3 Å². The highest BCUT2D eigenvalue weighted by Gasteiger charge is 2.21. The van der Waals surface area contributed by atoms with Gasteiger partial charge < -0.3 is 9.64 Å². The van der Waals surface area contributed by atoms with E-state index in [0.717, 1.165) is 28.5 Å². The Hall–Kier alpha value is -3.58. The van der Waals surface area contributed by atoms with Crippen LogP contribution in [0.25, 0.3) is 17.1 Å². The minimum Gasteiger partial charge on any atom is -0.497 e. The van der Waals surface area contributed by atoms with Gasteiger partial charge in [-0.25, -0.2) is 0 Å². The lowest BCUT2D eigenvalue weighted by Gasteiger charge is -2.21. The first-order chi connectivity index (χ1) is 17.0. The Morgan fingerprint density at radius 3 is 2.31 bits per heavy atom. The van der Waals surface area contributed by atoms with E-state index in [1.165, 1.54) is 17.3 Å². The van der Waals surface area contributed by atoms with E-state index in [4.69, 9.17) is 4.74 Å². The maximum atomic E-state index is 13.2. The standard InChI is InChI=1S/C28H30N4O2S/c1-5-31(22-11-7-6-8-12-22)26(33)19-35-28-30-29-27(21-15-17-23(34-4)18-16-21)32(28)25-14-10-9-13-24(25)20(2)3/h6-18,20H,5,19H2,1-4H3. The minimum atomic E-state index is 0.0291. The van der Waals surface area contributed by atoms with Crippen LogP contribution >= 0.6 is 11.8 Å². The van der Waals surface area contributed by atoms with Crippen molar-refractivity contribution in [3.63, 3.8) is 0 Å². The molecule has 1 heterocycles. The van der Waals surface area contributed by atoms with Gasteiger partial charge >= 0.3 is 0 Å². The Labute approximate surface area is 211 Å². The van der Waals surface area contributed by atoms with Crippen LogP contribution < -0.4 is 9.64 Å². The smallest absolute Gasteiger partial charge is 0.237 e. The van der Waals surface area contributed by atoms with Gasteiger partial charge in [0.05, 0.1) is 18.6 Å². The number of para-hydroxylation sites is 2. The van der Waals surface area contributed by atoms with Gasteiger partial charge in [-0.05, 0) is 60.9 Å². The van der Waals surface area contributed by atoms with E-state index in [1.54, 1.807) is 12.0 Å². The average molecular weight is 487 g/mol. The number of anilines is 1. The molecule has 1 amide bonds. The molecule has 0 saturated carbocycles. The zero-order chi connectivity index (χ0) is 24.8. The molecule has 4 aromatic rings. The van der Waals surface area contributed by atoms with Crippen molar-refractivity contribution in [3.8, 4) is 22.8 Å². The van der Waals surface area contributed by atoms with E-state index >= 15 is 0 Å².